The Morgan fingerprint density at radius 2 is 1.09 bits per heavy atom. The quantitative estimate of drug-likeness (QED) is 0.185. The summed E-state index contributed by atoms with van der Waals surface area (Å²) in [7, 11) is 0. The molecule has 0 aliphatic heterocycles. The van der Waals surface area contributed by atoms with Gasteiger partial charge in [-0.2, -0.15) is 0 Å². The van der Waals surface area contributed by atoms with Crippen LogP contribution in [-0.2, 0) is 0 Å². The van der Waals surface area contributed by atoms with Crippen molar-refractivity contribution in [1.82, 2.24) is 15.0 Å². The van der Waals surface area contributed by atoms with Crippen molar-refractivity contribution in [1.29, 1.82) is 0 Å². The van der Waals surface area contributed by atoms with Crippen LogP contribution in [0.2, 0.25) is 0 Å². The van der Waals surface area contributed by atoms with E-state index in [2.05, 4.69) is 145 Å². The van der Waals surface area contributed by atoms with Gasteiger partial charge in [0.05, 0.1) is 11.4 Å². The van der Waals surface area contributed by atoms with Gasteiger partial charge in [-0.1, -0.05) is 127 Å². The lowest BCUT2D eigenvalue weighted by Crippen LogP contribution is -1.97. The Bertz CT molecular complexity index is 2550. The molecule has 0 atom stereocenters. The van der Waals surface area contributed by atoms with Gasteiger partial charge in [-0.3, -0.25) is 4.98 Å². The van der Waals surface area contributed by atoms with Gasteiger partial charge in [0.25, 0.3) is 0 Å². The van der Waals surface area contributed by atoms with Crippen LogP contribution >= 0.6 is 0 Å². The highest BCUT2D eigenvalue weighted by Gasteiger charge is 2.15. The maximum Gasteiger partial charge on any atom is 0.160 e. The van der Waals surface area contributed by atoms with Crippen molar-refractivity contribution in [2.24, 2.45) is 0 Å². The molecule has 3 heteroatoms. The lowest BCUT2D eigenvalue weighted by molar-refractivity contribution is 1.17. The van der Waals surface area contributed by atoms with Crippen LogP contribution < -0.4 is 0 Å². The van der Waals surface area contributed by atoms with E-state index in [1.54, 1.807) is 6.20 Å². The van der Waals surface area contributed by atoms with Gasteiger partial charge in [0.2, 0.25) is 0 Å². The molecule has 0 unspecified atom stereocenters. The maximum absolute atomic E-state index is 5.13. The first kappa shape index (κ1) is 27.1. The third-order valence-electron chi connectivity index (χ3n) is 9.29. The molecule has 0 spiro atoms. The van der Waals surface area contributed by atoms with Crippen LogP contribution in [0.15, 0.2) is 158 Å². The molecule has 3 nitrogen and oxygen atoms in total. The summed E-state index contributed by atoms with van der Waals surface area (Å²) >= 11 is 0. The van der Waals surface area contributed by atoms with E-state index in [1.807, 2.05) is 18.3 Å². The van der Waals surface area contributed by atoms with Gasteiger partial charge in [0.1, 0.15) is 0 Å². The van der Waals surface area contributed by atoms with Crippen LogP contribution in [0.1, 0.15) is 5.56 Å². The SMILES string of the molecule is Cc1ccccc1-c1nc(-c2ccc(-c3ccc4ccc5cccc6ccc3c4c56)cc2)cc(-c2cccc(-c3cccnc3)c2)n1. The highest BCUT2D eigenvalue weighted by Crippen LogP contribution is 2.40. The van der Waals surface area contributed by atoms with E-state index >= 15 is 0 Å². The Balaban J connectivity index is 1.16. The van der Waals surface area contributed by atoms with Crippen LogP contribution in [0, 0.1) is 6.92 Å². The van der Waals surface area contributed by atoms with Gasteiger partial charge in [0.15, 0.2) is 5.82 Å². The molecule has 2 heterocycles. The van der Waals surface area contributed by atoms with Crippen LogP contribution in [0.5, 0.6) is 0 Å². The van der Waals surface area contributed by atoms with Gasteiger partial charge >= 0.3 is 0 Å². The van der Waals surface area contributed by atoms with E-state index in [9.17, 15) is 0 Å². The number of hydrogen-bond acceptors (Lipinski definition) is 3. The summed E-state index contributed by atoms with van der Waals surface area (Å²) in [6.07, 6.45) is 3.69. The Morgan fingerprint density at radius 1 is 0.426 bits per heavy atom. The van der Waals surface area contributed by atoms with E-state index in [-0.39, 0.29) is 0 Å². The molecule has 9 aromatic rings. The van der Waals surface area contributed by atoms with Gasteiger partial charge in [-0.05, 0) is 79.7 Å². The third kappa shape index (κ3) is 4.72. The minimum Gasteiger partial charge on any atom is -0.264 e. The van der Waals surface area contributed by atoms with Crippen molar-refractivity contribution >= 4 is 32.3 Å². The summed E-state index contributed by atoms with van der Waals surface area (Å²) in [5, 5.41) is 7.78. The van der Waals surface area contributed by atoms with Crippen LogP contribution in [-0.4, -0.2) is 15.0 Å². The summed E-state index contributed by atoms with van der Waals surface area (Å²) in [5.41, 5.74) is 10.6. The molecule has 9 rings (SSSR count). The molecule has 0 saturated carbocycles. The largest absolute Gasteiger partial charge is 0.264 e. The molecule has 0 aliphatic rings. The lowest BCUT2D eigenvalue weighted by Gasteiger charge is -2.15. The minimum atomic E-state index is 0.721. The summed E-state index contributed by atoms with van der Waals surface area (Å²) in [4.78, 5) is 14.6. The highest BCUT2D eigenvalue weighted by atomic mass is 14.9. The molecule has 220 valence electrons. The fraction of sp³-hybridized carbons (Fsp3) is 0.0227. The molecule has 0 amide bonds. The summed E-state index contributed by atoms with van der Waals surface area (Å²) in [5.74, 6) is 0.721. The highest BCUT2D eigenvalue weighted by molar-refractivity contribution is 6.25. The number of pyridine rings is 1. The molecule has 47 heavy (non-hydrogen) atoms. The number of aromatic nitrogens is 3. The molecular weight excluding hydrogens is 571 g/mol. The van der Waals surface area contributed by atoms with Crippen molar-refractivity contribution in [2.75, 3.05) is 0 Å². The number of nitrogens with zero attached hydrogens (tertiary/aromatic N) is 3. The first-order valence-electron chi connectivity index (χ1n) is 15.9. The zero-order chi connectivity index (χ0) is 31.3. The minimum absolute atomic E-state index is 0.721. The van der Waals surface area contributed by atoms with E-state index in [1.165, 1.54) is 43.4 Å². The van der Waals surface area contributed by atoms with Gasteiger partial charge in [-0.15, -0.1) is 0 Å². The summed E-state index contributed by atoms with van der Waals surface area (Å²) in [6, 6.07) is 51.8. The number of hydrogen-bond donors (Lipinski definition) is 0. The Labute approximate surface area is 273 Å². The van der Waals surface area contributed by atoms with Crippen molar-refractivity contribution in [3.05, 3.63) is 164 Å². The molecule has 0 radical (unpaired) electrons. The smallest absolute Gasteiger partial charge is 0.160 e. The second kappa shape index (κ2) is 11.0. The molecule has 0 aliphatic carbocycles. The lowest BCUT2D eigenvalue weighted by atomic mass is 9.89. The Kier molecular flexibility index (Phi) is 6.36. The second-order valence-corrected chi connectivity index (χ2v) is 12.1. The molecule has 0 N–H and O–H groups in total. The molecule has 0 bridgehead atoms. The first-order valence-corrected chi connectivity index (χ1v) is 15.9. The van der Waals surface area contributed by atoms with Crippen LogP contribution in [0.3, 0.4) is 0 Å². The number of aryl methyl sites for hydroxylation is 1. The van der Waals surface area contributed by atoms with Crippen LogP contribution in [0.4, 0.5) is 0 Å². The average Bonchev–Trinajstić information content (AvgIpc) is 3.14. The maximum atomic E-state index is 5.13. The standard InChI is InChI=1S/C44H29N3/c1-28-7-2-3-13-37(28)44-46-40(26-41(47-44)35-11-5-10-34(25-35)36-12-6-24-45-27-36)30-16-14-29(15-17-30)38-22-20-33-19-18-31-8-4-9-32-21-23-39(38)43(33)42(31)32/h2-27H,1H3. The fourth-order valence-electron chi connectivity index (χ4n) is 6.89. The number of benzene rings is 7. The van der Waals surface area contributed by atoms with Gasteiger partial charge in [-0.25, -0.2) is 9.97 Å². The van der Waals surface area contributed by atoms with Gasteiger partial charge < -0.3 is 0 Å². The Hall–Kier alpha value is -6.19. The van der Waals surface area contributed by atoms with Crippen molar-refractivity contribution in [2.45, 2.75) is 6.92 Å². The normalized spacial score (nSPS) is 11.5. The predicted molar refractivity (Wildman–Crippen MR) is 195 cm³/mol. The van der Waals surface area contributed by atoms with E-state index < -0.39 is 0 Å². The van der Waals surface area contributed by atoms with Crippen molar-refractivity contribution < 1.29 is 0 Å². The monoisotopic (exact) mass is 599 g/mol. The third-order valence-corrected chi connectivity index (χ3v) is 9.29. The zero-order valence-electron chi connectivity index (χ0n) is 25.9. The molecule has 2 aromatic heterocycles. The number of rotatable bonds is 5. The van der Waals surface area contributed by atoms with Crippen LogP contribution in [0.25, 0.3) is 88.5 Å². The molecular formula is C44H29N3. The van der Waals surface area contributed by atoms with Crippen molar-refractivity contribution in [3.8, 4) is 56.2 Å². The van der Waals surface area contributed by atoms with Crippen molar-refractivity contribution in [3.63, 3.8) is 0 Å². The second-order valence-electron chi connectivity index (χ2n) is 12.1. The summed E-state index contributed by atoms with van der Waals surface area (Å²) in [6.45, 7) is 2.11. The summed E-state index contributed by atoms with van der Waals surface area (Å²) < 4.78 is 0. The topological polar surface area (TPSA) is 38.7 Å². The average molecular weight is 600 g/mol. The van der Waals surface area contributed by atoms with E-state index in [0.717, 1.165) is 50.6 Å². The van der Waals surface area contributed by atoms with Gasteiger partial charge in [0, 0.05) is 34.6 Å². The zero-order valence-corrected chi connectivity index (χ0v) is 25.9. The molecule has 0 fully saturated rings. The van der Waals surface area contributed by atoms with E-state index in [4.69, 9.17) is 9.97 Å². The molecule has 7 aromatic carbocycles. The Morgan fingerprint density at radius 3 is 1.87 bits per heavy atom. The molecule has 0 saturated heterocycles. The fourth-order valence-corrected chi connectivity index (χ4v) is 6.89. The van der Waals surface area contributed by atoms with E-state index in [0.29, 0.717) is 0 Å². The predicted octanol–water partition coefficient (Wildman–Crippen LogP) is 11.4. The first-order chi connectivity index (χ1) is 23.2.